The molecule has 0 fully saturated rings. The van der Waals surface area contributed by atoms with Crippen LogP contribution in [0.2, 0.25) is 0 Å². The number of halogens is 1. The first-order valence-electron chi connectivity index (χ1n) is 8.83. The van der Waals surface area contributed by atoms with Crippen molar-refractivity contribution in [2.75, 3.05) is 13.4 Å². The van der Waals surface area contributed by atoms with Gasteiger partial charge in [0.25, 0.3) is 5.89 Å². The highest BCUT2D eigenvalue weighted by molar-refractivity contribution is 7.99. The smallest absolute Gasteiger partial charge is 0.280 e. The van der Waals surface area contributed by atoms with Gasteiger partial charge in [0.1, 0.15) is 17.2 Å². The lowest BCUT2D eigenvalue weighted by Crippen LogP contribution is -2.06. The van der Waals surface area contributed by atoms with Gasteiger partial charge >= 0.3 is 0 Å². The average molecular weight is 427 g/mol. The van der Waals surface area contributed by atoms with E-state index in [1.807, 2.05) is 0 Å². The van der Waals surface area contributed by atoms with E-state index in [0.717, 1.165) is 0 Å². The number of para-hydroxylation sites is 1. The predicted octanol–water partition coefficient (Wildman–Crippen LogP) is 2.97. The summed E-state index contributed by atoms with van der Waals surface area (Å²) in [6.45, 7) is 0.100. The van der Waals surface area contributed by atoms with Gasteiger partial charge in [-0.3, -0.25) is 4.21 Å². The van der Waals surface area contributed by atoms with E-state index in [4.69, 9.17) is 9.26 Å². The molecular formula is C20H18FN5O3S. The highest BCUT2D eigenvalue weighted by Crippen LogP contribution is 2.27. The number of hydrogen-bond acceptors (Lipinski definition) is 7. The van der Waals surface area contributed by atoms with Crippen LogP contribution in [0.5, 0.6) is 0 Å². The molecule has 0 amide bonds. The van der Waals surface area contributed by atoms with Crippen LogP contribution < -0.4 is 0 Å². The number of hydrogen-bond donors (Lipinski definition) is 0. The zero-order valence-electron chi connectivity index (χ0n) is 16.3. The molecule has 0 spiro atoms. The minimum Gasteiger partial charge on any atom is -0.378 e. The van der Waals surface area contributed by atoms with Gasteiger partial charge in [-0.1, -0.05) is 34.6 Å². The maximum Gasteiger partial charge on any atom is 0.280 e. The van der Waals surface area contributed by atoms with Gasteiger partial charge in [0, 0.05) is 23.8 Å². The Balaban J connectivity index is 1.77. The van der Waals surface area contributed by atoms with Gasteiger partial charge in [-0.05, 0) is 39.7 Å². The molecule has 0 bridgehead atoms. The summed E-state index contributed by atoms with van der Waals surface area (Å²) >= 11 is 0. The molecule has 30 heavy (non-hydrogen) atoms. The highest BCUT2D eigenvalue weighted by Gasteiger charge is 2.23. The zero-order valence-corrected chi connectivity index (χ0v) is 17.1. The van der Waals surface area contributed by atoms with Crippen LogP contribution >= 0.6 is 0 Å². The minimum atomic E-state index is -2.39. The molecule has 2 heterocycles. The molecule has 2 aromatic heterocycles. The first-order chi connectivity index (χ1) is 14.4. The average Bonchev–Trinajstić information content (AvgIpc) is 3.36. The van der Waals surface area contributed by atoms with E-state index in [9.17, 15) is 8.60 Å². The summed E-state index contributed by atoms with van der Waals surface area (Å²) in [5.41, 5.74) is 1.59. The van der Waals surface area contributed by atoms with Crippen LogP contribution in [0.4, 0.5) is 4.39 Å². The maximum absolute atomic E-state index is 14.3. The molecular weight excluding hydrogens is 409 g/mol. The summed E-state index contributed by atoms with van der Waals surface area (Å²) in [7, 11) is -0.880. The van der Waals surface area contributed by atoms with Gasteiger partial charge in [0.15, 0.2) is 5.69 Å². The Labute approximate surface area is 172 Å². The number of ether oxygens (including phenoxy) is 1. The lowest BCUT2D eigenvalue weighted by Gasteiger charge is -2.06. The van der Waals surface area contributed by atoms with Crippen molar-refractivity contribution in [3.8, 4) is 28.7 Å². The van der Waals surface area contributed by atoms with E-state index < -0.39 is 15.3 Å². The first-order valence-corrected chi connectivity index (χ1v) is 11.0. The molecule has 4 aromatic rings. The molecule has 4 rings (SSSR count). The lowest BCUT2D eigenvalue weighted by atomic mass is 10.2. The second kappa shape index (κ2) is 7.81. The summed E-state index contributed by atoms with van der Waals surface area (Å²) in [6, 6.07) is 13.2. The van der Waals surface area contributed by atoms with Crippen LogP contribution in [-0.2, 0) is 20.9 Å². The van der Waals surface area contributed by atoms with Gasteiger partial charge in [-0.2, -0.15) is 4.98 Å². The Morgan fingerprint density at radius 1 is 1.23 bits per heavy atom. The van der Waals surface area contributed by atoms with E-state index in [1.54, 1.807) is 48.7 Å². The molecule has 154 valence electrons. The lowest BCUT2D eigenvalue weighted by molar-refractivity contribution is 0.179. The number of methoxy groups -OCH3 is 1. The molecule has 0 N–H and O–H groups in total. The Kier molecular flexibility index (Phi) is 5.18. The van der Waals surface area contributed by atoms with Gasteiger partial charge < -0.3 is 9.26 Å². The zero-order chi connectivity index (χ0) is 21.3. The Bertz CT molecular complexity index is 1310. The maximum atomic E-state index is 14.3. The topological polar surface area (TPSA) is 95.9 Å². The van der Waals surface area contributed by atoms with Crippen molar-refractivity contribution < 1.29 is 17.9 Å². The second-order valence-electron chi connectivity index (χ2n) is 6.64. The number of benzene rings is 2. The SMILES string of the molecule is C=S(C)(=O)c1cccc(-c2noc(-c3nnn(-c4ccccc4F)c3COC)n2)c1. The van der Waals surface area contributed by atoms with Crippen molar-refractivity contribution in [1.29, 1.82) is 0 Å². The highest BCUT2D eigenvalue weighted by atomic mass is 32.2. The van der Waals surface area contributed by atoms with Gasteiger partial charge in [-0.25, -0.2) is 9.07 Å². The molecule has 1 unspecified atom stereocenters. The Morgan fingerprint density at radius 2 is 2.03 bits per heavy atom. The van der Waals surface area contributed by atoms with Crippen molar-refractivity contribution in [1.82, 2.24) is 25.1 Å². The first kappa shape index (κ1) is 19.9. The molecule has 0 saturated heterocycles. The van der Waals surface area contributed by atoms with Crippen LogP contribution in [0.15, 0.2) is 57.9 Å². The van der Waals surface area contributed by atoms with E-state index in [-0.39, 0.29) is 23.9 Å². The third-order valence-corrected chi connectivity index (χ3v) is 5.60. The Hall–Kier alpha value is -3.37. The standard InChI is InChI=1S/C20H18FN5O3S/c1-28-12-17-18(23-25-26(17)16-10-5-4-9-15(16)21)20-22-19(24-29-20)13-7-6-8-14(11-13)30(2,3)27/h4-11H,2,12H2,1,3H3. The van der Waals surface area contributed by atoms with Crippen LogP contribution in [-0.4, -0.2) is 48.6 Å². The third kappa shape index (κ3) is 3.74. The van der Waals surface area contributed by atoms with E-state index in [0.29, 0.717) is 22.0 Å². The number of rotatable bonds is 6. The fourth-order valence-electron chi connectivity index (χ4n) is 2.89. The number of aromatic nitrogens is 5. The van der Waals surface area contributed by atoms with Crippen molar-refractivity contribution in [2.45, 2.75) is 11.5 Å². The molecule has 0 saturated carbocycles. The van der Waals surface area contributed by atoms with Crippen molar-refractivity contribution in [3.63, 3.8) is 0 Å². The van der Waals surface area contributed by atoms with Gasteiger partial charge in [-0.15, -0.1) is 5.10 Å². The minimum absolute atomic E-state index is 0.100. The van der Waals surface area contributed by atoms with Crippen molar-refractivity contribution in [2.24, 2.45) is 0 Å². The second-order valence-corrected chi connectivity index (χ2v) is 9.12. The van der Waals surface area contributed by atoms with Gasteiger partial charge in [0.05, 0.1) is 6.61 Å². The van der Waals surface area contributed by atoms with Crippen LogP contribution in [0.3, 0.4) is 0 Å². The molecule has 8 nitrogen and oxygen atoms in total. The molecule has 0 aliphatic rings. The predicted molar refractivity (Wildman–Crippen MR) is 110 cm³/mol. The van der Waals surface area contributed by atoms with E-state index in [1.165, 1.54) is 17.9 Å². The molecule has 0 aliphatic heterocycles. The Morgan fingerprint density at radius 3 is 2.77 bits per heavy atom. The fourth-order valence-corrected chi connectivity index (χ4v) is 3.63. The van der Waals surface area contributed by atoms with Crippen molar-refractivity contribution in [3.05, 3.63) is 60.0 Å². The number of nitrogens with zero attached hydrogens (tertiary/aromatic N) is 5. The monoisotopic (exact) mass is 427 g/mol. The third-order valence-electron chi connectivity index (χ3n) is 4.34. The fraction of sp³-hybridized carbons (Fsp3) is 0.150. The normalized spacial score (nSPS) is 13.3. The molecule has 0 aliphatic carbocycles. The van der Waals surface area contributed by atoms with Crippen LogP contribution in [0, 0.1) is 5.82 Å². The van der Waals surface area contributed by atoms with E-state index >= 15 is 0 Å². The van der Waals surface area contributed by atoms with Crippen LogP contribution in [0.25, 0.3) is 28.7 Å². The molecule has 1 atom stereocenters. The summed E-state index contributed by atoms with van der Waals surface area (Å²) < 4.78 is 38.5. The van der Waals surface area contributed by atoms with Crippen LogP contribution in [0.1, 0.15) is 5.69 Å². The van der Waals surface area contributed by atoms with Gasteiger partial charge in [0.2, 0.25) is 5.82 Å². The van der Waals surface area contributed by atoms with E-state index in [2.05, 4.69) is 26.3 Å². The summed E-state index contributed by atoms with van der Waals surface area (Å²) in [6.07, 6.45) is 1.56. The molecule has 10 heteroatoms. The van der Waals surface area contributed by atoms with Crippen molar-refractivity contribution >= 4 is 15.4 Å². The summed E-state index contributed by atoms with van der Waals surface area (Å²) in [4.78, 5) is 4.97. The quantitative estimate of drug-likeness (QED) is 0.437. The summed E-state index contributed by atoms with van der Waals surface area (Å²) in [5, 5.41) is 12.1. The molecule has 2 aromatic carbocycles. The largest absolute Gasteiger partial charge is 0.378 e. The summed E-state index contributed by atoms with van der Waals surface area (Å²) in [5.74, 6) is 3.64. The molecule has 0 radical (unpaired) electrons.